The summed E-state index contributed by atoms with van der Waals surface area (Å²) in [5.74, 6) is -5.18. The van der Waals surface area contributed by atoms with Crippen molar-refractivity contribution < 1.29 is 18.0 Å². The molecule has 0 aliphatic heterocycles. The molecule has 0 unspecified atom stereocenters. The topological polar surface area (TPSA) is 34.0 Å². The number of carbonyl (C=O) groups is 1. The minimum atomic E-state index is -1.64. The highest BCUT2D eigenvalue weighted by molar-refractivity contribution is 5.94. The first kappa shape index (κ1) is 16.1. The Hall–Kier alpha value is -2.24. The number of nitrogens with one attached hydrogen (secondary N) is 1. The molecule has 118 valence electrons. The summed E-state index contributed by atoms with van der Waals surface area (Å²) >= 11 is 0. The molecule has 0 spiro atoms. The quantitative estimate of drug-likeness (QED) is 0.865. The zero-order valence-electron chi connectivity index (χ0n) is 12.6. The molecule has 1 amide bonds. The minimum Gasteiger partial charge on any atom is -0.352 e. The fourth-order valence-corrected chi connectivity index (χ4v) is 2.29. The number of amides is 1. The molecule has 1 N–H and O–H groups in total. The molecule has 3 nitrogen and oxygen atoms in total. The number of aryl methyl sites for hydroxylation is 1. The van der Waals surface area contributed by atoms with Gasteiger partial charge in [-0.05, 0) is 44.0 Å². The predicted molar refractivity (Wildman–Crippen MR) is 77.2 cm³/mol. The maximum absolute atomic E-state index is 13.5. The van der Waals surface area contributed by atoms with Crippen LogP contribution in [-0.2, 0) is 13.5 Å². The van der Waals surface area contributed by atoms with Crippen molar-refractivity contribution in [1.82, 2.24) is 9.88 Å². The van der Waals surface area contributed by atoms with Gasteiger partial charge in [-0.25, -0.2) is 13.2 Å². The van der Waals surface area contributed by atoms with Crippen LogP contribution in [0.2, 0.25) is 0 Å². The normalized spacial score (nSPS) is 10.8. The van der Waals surface area contributed by atoms with E-state index in [1.165, 1.54) is 0 Å². The van der Waals surface area contributed by atoms with E-state index in [2.05, 4.69) is 5.32 Å². The molecule has 6 heteroatoms. The summed E-state index contributed by atoms with van der Waals surface area (Å²) in [6.45, 7) is 4.23. The molecule has 22 heavy (non-hydrogen) atoms. The van der Waals surface area contributed by atoms with Gasteiger partial charge in [0.2, 0.25) is 0 Å². The third-order valence-corrected chi connectivity index (χ3v) is 3.84. The molecule has 0 fully saturated rings. The monoisotopic (exact) mass is 310 g/mol. The highest BCUT2D eigenvalue weighted by Gasteiger charge is 2.18. The van der Waals surface area contributed by atoms with Crippen LogP contribution in [0.3, 0.4) is 0 Å². The molecule has 0 saturated carbocycles. The first-order valence-corrected chi connectivity index (χ1v) is 6.86. The summed E-state index contributed by atoms with van der Waals surface area (Å²) in [5.41, 5.74) is 2.77. The average molecular weight is 310 g/mol. The summed E-state index contributed by atoms with van der Waals surface area (Å²) in [6, 6.07) is 3.68. The van der Waals surface area contributed by atoms with Crippen molar-refractivity contribution >= 4 is 5.91 Å². The zero-order valence-corrected chi connectivity index (χ0v) is 12.6. The van der Waals surface area contributed by atoms with Crippen LogP contribution < -0.4 is 5.32 Å². The van der Waals surface area contributed by atoms with Crippen molar-refractivity contribution in [3.8, 4) is 0 Å². The third-order valence-electron chi connectivity index (χ3n) is 3.84. The van der Waals surface area contributed by atoms with Gasteiger partial charge in [0.15, 0.2) is 17.5 Å². The lowest BCUT2D eigenvalue weighted by Crippen LogP contribution is -2.27. The molecular formula is C16H17F3N2O. The Kier molecular flexibility index (Phi) is 4.59. The van der Waals surface area contributed by atoms with Gasteiger partial charge in [0, 0.05) is 25.0 Å². The van der Waals surface area contributed by atoms with Gasteiger partial charge < -0.3 is 9.88 Å². The molecule has 1 aromatic heterocycles. The highest BCUT2D eigenvalue weighted by atomic mass is 19.2. The van der Waals surface area contributed by atoms with Gasteiger partial charge in [0.25, 0.3) is 5.91 Å². The zero-order chi connectivity index (χ0) is 16.4. The maximum atomic E-state index is 13.5. The average Bonchev–Trinajstić information content (AvgIpc) is 2.72. The first-order valence-electron chi connectivity index (χ1n) is 6.86. The van der Waals surface area contributed by atoms with Crippen LogP contribution in [0.25, 0.3) is 0 Å². The Morgan fingerprint density at radius 3 is 2.45 bits per heavy atom. The Morgan fingerprint density at radius 1 is 1.18 bits per heavy atom. The highest BCUT2D eigenvalue weighted by Crippen LogP contribution is 2.16. The molecule has 2 aromatic rings. The molecular weight excluding hydrogens is 293 g/mol. The molecule has 0 aliphatic carbocycles. The van der Waals surface area contributed by atoms with Crippen LogP contribution in [0.5, 0.6) is 0 Å². The Bertz CT molecular complexity index is 723. The molecule has 1 heterocycles. The fourth-order valence-electron chi connectivity index (χ4n) is 2.29. The lowest BCUT2D eigenvalue weighted by molar-refractivity contribution is 0.0949. The SMILES string of the molecule is Cc1cc(CCNC(=O)c2ccc(F)c(F)c2F)c(C)n1C. The number of benzene rings is 1. The first-order chi connectivity index (χ1) is 10.3. The van der Waals surface area contributed by atoms with E-state index in [0.29, 0.717) is 6.42 Å². The fraction of sp³-hybridized carbons (Fsp3) is 0.312. The van der Waals surface area contributed by atoms with Crippen LogP contribution >= 0.6 is 0 Å². The van der Waals surface area contributed by atoms with E-state index >= 15 is 0 Å². The van der Waals surface area contributed by atoms with E-state index in [9.17, 15) is 18.0 Å². The van der Waals surface area contributed by atoms with Gasteiger partial charge in [0.1, 0.15) is 0 Å². The summed E-state index contributed by atoms with van der Waals surface area (Å²) in [4.78, 5) is 11.8. The van der Waals surface area contributed by atoms with Gasteiger partial charge >= 0.3 is 0 Å². The van der Waals surface area contributed by atoms with E-state index in [1.807, 2.05) is 31.5 Å². The summed E-state index contributed by atoms with van der Waals surface area (Å²) in [6.07, 6.45) is 0.574. The number of aromatic nitrogens is 1. The van der Waals surface area contributed by atoms with E-state index < -0.39 is 28.9 Å². The molecule has 0 radical (unpaired) electrons. The van der Waals surface area contributed by atoms with Gasteiger partial charge in [0.05, 0.1) is 5.56 Å². The van der Waals surface area contributed by atoms with Crippen molar-refractivity contribution in [1.29, 1.82) is 0 Å². The Morgan fingerprint density at radius 2 is 1.86 bits per heavy atom. The Labute approximate surface area is 126 Å². The number of hydrogen-bond acceptors (Lipinski definition) is 1. The summed E-state index contributed by atoms with van der Waals surface area (Å²) in [5, 5.41) is 2.51. The van der Waals surface area contributed by atoms with Crippen molar-refractivity contribution in [3.63, 3.8) is 0 Å². The van der Waals surface area contributed by atoms with E-state index in [4.69, 9.17) is 0 Å². The number of nitrogens with zero attached hydrogens (tertiary/aromatic N) is 1. The van der Waals surface area contributed by atoms with Crippen molar-refractivity contribution in [2.75, 3.05) is 6.54 Å². The van der Waals surface area contributed by atoms with Crippen LogP contribution in [0.4, 0.5) is 13.2 Å². The second-order valence-corrected chi connectivity index (χ2v) is 5.18. The van der Waals surface area contributed by atoms with Crippen LogP contribution in [0, 0.1) is 31.3 Å². The summed E-state index contributed by atoms with van der Waals surface area (Å²) < 4.78 is 41.5. The molecule has 2 rings (SSSR count). The molecule has 1 aromatic carbocycles. The molecule has 0 aliphatic rings. The van der Waals surface area contributed by atoms with Gasteiger partial charge in [-0.2, -0.15) is 0 Å². The Balaban J connectivity index is 2.02. The summed E-state index contributed by atoms with van der Waals surface area (Å²) in [7, 11) is 1.95. The largest absolute Gasteiger partial charge is 0.352 e. The standard InChI is InChI=1S/C16H17F3N2O/c1-9-8-11(10(2)21(9)3)6-7-20-16(22)12-4-5-13(17)15(19)14(12)18/h4-5,8H,6-7H2,1-3H3,(H,20,22). The van der Waals surface area contributed by atoms with Gasteiger partial charge in [-0.3, -0.25) is 4.79 Å². The van der Waals surface area contributed by atoms with Crippen molar-refractivity contribution in [2.24, 2.45) is 7.05 Å². The second-order valence-electron chi connectivity index (χ2n) is 5.18. The number of halogens is 3. The minimum absolute atomic E-state index is 0.279. The van der Waals surface area contributed by atoms with Gasteiger partial charge in [-0.1, -0.05) is 0 Å². The second kappa shape index (κ2) is 6.25. The molecule has 0 saturated heterocycles. The lowest BCUT2D eigenvalue weighted by atomic mass is 10.1. The third kappa shape index (κ3) is 3.00. The number of rotatable bonds is 4. The lowest BCUT2D eigenvalue weighted by Gasteiger charge is -2.07. The predicted octanol–water partition coefficient (Wildman–Crippen LogP) is 3.03. The molecule has 0 atom stereocenters. The van der Waals surface area contributed by atoms with Crippen LogP contribution in [0.1, 0.15) is 27.3 Å². The van der Waals surface area contributed by atoms with Crippen LogP contribution in [0.15, 0.2) is 18.2 Å². The van der Waals surface area contributed by atoms with Crippen molar-refractivity contribution in [3.05, 3.63) is 58.2 Å². The maximum Gasteiger partial charge on any atom is 0.254 e. The van der Waals surface area contributed by atoms with Crippen LogP contribution in [-0.4, -0.2) is 17.0 Å². The number of carbonyl (C=O) groups excluding carboxylic acids is 1. The van der Waals surface area contributed by atoms with E-state index in [1.54, 1.807) is 0 Å². The number of hydrogen-bond donors (Lipinski definition) is 1. The van der Waals surface area contributed by atoms with Crippen molar-refractivity contribution in [2.45, 2.75) is 20.3 Å². The van der Waals surface area contributed by atoms with E-state index in [-0.39, 0.29) is 6.54 Å². The van der Waals surface area contributed by atoms with Gasteiger partial charge in [-0.15, -0.1) is 0 Å². The smallest absolute Gasteiger partial charge is 0.254 e. The molecule has 0 bridgehead atoms. The van der Waals surface area contributed by atoms with E-state index in [0.717, 1.165) is 29.1 Å².